The Morgan fingerprint density at radius 1 is 1.10 bits per heavy atom. The first-order valence-corrected chi connectivity index (χ1v) is 10.7. The van der Waals surface area contributed by atoms with Crippen LogP contribution in [-0.4, -0.2) is 54.1 Å². The number of rotatable bonds is 4. The molecule has 0 N–H and O–H groups in total. The summed E-state index contributed by atoms with van der Waals surface area (Å²) in [5.41, 5.74) is 0.671. The van der Waals surface area contributed by atoms with Gasteiger partial charge in [0.15, 0.2) is 0 Å². The Morgan fingerprint density at radius 3 is 2.48 bits per heavy atom. The van der Waals surface area contributed by atoms with Crippen LogP contribution in [0, 0.1) is 5.92 Å². The molecule has 0 radical (unpaired) electrons. The SMILES string of the molecule is COc1cccc(C2CCCN2C(=O)CC2CCN(C(=O)OC(C)(C)C)CC2)c1. The fraction of sp³-hybridized carbons (Fsp3) is 0.652. The number of amides is 2. The predicted molar refractivity (Wildman–Crippen MR) is 112 cm³/mol. The van der Waals surface area contributed by atoms with Crippen LogP contribution in [0.2, 0.25) is 0 Å². The first-order valence-electron chi connectivity index (χ1n) is 10.7. The molecule has 0 bridgehead atoms. The van der Waals surface area contributed by atoms with E-state index in [1.54, 1.807) is 12.0 Å². The maximum absolute atomic E-state index is 13.0. The van der Waals surface area contributed by atoms with Crippen molar-refractivity contribution in [3.8, 4) is 5.75 Å². The number of likely N-dealkylation sites (tertiary alicyclic amines) is 2. The van der Waals surface area contributed by atoms with Gasteiger partial charge < -0.3 is 19.3 Å². The molecule has 1 unspecified atom stereocenters. The van der Waals surface area contributed by atoms with E-state index < -0.39 is 5.60 Å². The summed E-state index contributed by atoms with van der Waals surface area (Å²) in [5.74, 6) is 1.38. The molecule has 3 rings (SSSR count). The molecule has 2 amide bonds. The highest BCUT2D eigenvalue weighted by molar-refractivity contribution is 5.77. The Balaban J connectivity index is 1.53. The number of carbonyl (C=O) groups excluding carboxylic acids is 2. The van der Waals surface area contributed by atoms with E-state index in [1.807, 2.05) is 43.9 Å². The topological polar surface area (TPSA) is 59.1 Å². The maximum Gasteiger partial charge on any atom is 0.410 e. The van der Waals surface area contributed by atoms with Crippen LogP contribution in [0.3, 0.4) is 0 Å². The van der Waals surface area contributed by atoms with E-state index in [0.717, 1.165) is 43.5 Å². The van der Waals surface area contributed by atoms with E-state index in [1.165, 1.54) is 0 Å². The molecule has 1 aromatic rings. The molecule has 1 aromatic carbocycles. The summed E-state index contributed by atoms with van der Waals surface area (Å²) in [4.78, 5) is 29.1. The van der Waals surface area contributed by atoms with Gasteiger partial charge >= 0.3 is 6.09 Å². The second-order valence-corrected chi connectivity index (χ2v) is 9.14. The minimum absolute atomic E-state index is 0.138. The lowest BCUT2D eigenvalue weighted by molar-refractivity contribution is -0.133. The van der Waals surface area contributed by atoms with Crippen LogP contribution in [0.1, 0.15) is 64.5 Å². The summed E-state index contributed by atoms with van der Waals surface area (Å²) >= 11 is 0. The van der Waals surface area contributed by atoms with Gasteiger partial charge in [0.2, 0.25) is 5.91 Å². The Bertz CT molecular complexity index is 720. The second-order valence-electron chi connectivity index (χ2n) is 9.14. The lowest BCUT2D eigenvalue weighted by atomic mass is 9.92. The molecular formula is C23H34N2O4. The summed E-state index contributed by atoms with van der Waals surface area (Å²) in [5, 5.41) is 0. The fourth-order valence-corrected chi connectivity index (χ4v) is 4.27. The molecule has 29 heavy (non-hydrogen) atoms. The minimum Gasteiger partial charge on any atom is -0.497 e. The summed E-state index contributed by atoms with van der Waals surface area (Å²) in [6.07, 6.45) is 4.04. The van der Waals surface area contributed by atoms with Gasteiger partial charge in [-0.05, 0) is 70.1 Å². The van der Waals surface area contributed by atoms with Gasteiger partial charge in [0.05, 0.1) is 13.2 Å². The van der Waals surface area contributed by atoms with Crippen LogP contribution < -0.4 is 4.74 Å². The van der Waals surface area contributed by atoms with Crippen molar-refractivity contribution in [1.82, 2.24) is 9.80 Å². The minimum atomic E-state index is -0.477. The fourth-order valence-electron chi connectivity index (χ4n) is 4.27. The van der Waals surface area contributed by atoms with Crippen LogP contribution in [-0.2, 0) is 9.53 Å². The van der Waals surface area contributed by atoms with Crippen molar-refractivity contribution in [2.45, 2.75) is 64.5 Å². The number of hydrogen-bond donors (Lipinski definition) is 0. The number of piperidine rings is 1. The molecule has 2 aliphatic rings. The lowest BCUT2D eigenvalue weighted by Crippen LogP contribution is -2.42. The molecule has 160 valence electrons. The Kier molecular flexibility index (Phi) is 6.70. The van der Waals surface area contributed by atoms with Crippen molar-refractivity contribution < 1.29 is 19.1 Å². The Morgan fingerprint density at radius 2 is 1.83 bits per heavy atom. The van der Waals surface area contributed by atoms with Gasteiger partial charge in [0.1, 0.15) is 11.4 Å². The highest BCUT2D eigenvalue weighted by Crippen LogP contribution is 2.35. The summed E-state index contributed by atoms with van der Waals surface area (Å²) in [6.45, 7) is 7.77. The van der Waals surface area contributed by atoms with Crippen molar-refractivity contribution in [3.05, 3.63) is 29.8 Å². The molecule has 0 saturated carbocycles. The van der Waals surface area contributed by atoms with Crippen LogP contribution >= 0.6 is 0 Å². The zero-order valence-corrected chi connectivity index (χ0v) is 18.1. The second kappa shape index (κ2) is 9.06. The van der Waals surface area contributed by atoms with Gasteiger partial charge in [-0.3, -0.25) is 4.79 Å². The molecule has 1 atom stereocenters. The molecule has 2 fully saturated rings. The lowest BCUT2D eigenvalue weighted by Gasteiger charge is -2.34. The van der Waals surface area contributed by atoms with E-state index in [-0.39, 0.29) is 18.0 Å². The predicted octanol–water partition coefficient (Wildman–Crippen LogP) is 4.40. The average Bonchev–Trinajstić information content (AvgIpc) is 3.17. The zero-order valence-electron chi connectivity index (χ0n) is 18.1. The number of methoxy groups -OCH3 is 1. The van der Waals surface area contributed by atoms with Gasteiger partial charge in [-0.25, -0.2) is 4.79 Å². The summed E-state index contributed by atoms with van der Waals surface area (Å²) in [7, 11) is 1.67. The van der Waals surface area contributed by atoms with E-state index >= 15 is 0 Å². The number of hydrogen-bond acceptors (Lipinski definition) is 4. The van der Waals surface area contributed by atoms with Crippen LogP contribution in [0.15, 0.2) is 24.3 Å². The molecule has 0 spiro atoms. The number of ether oxygens (including phenoxy) is 2. The van der Waals surface area contributed by atoms with Gasteiger partial charge in [0.25, 0.3) is 0 Å². The average molecular weight is 403 g/mol. The molecule has 0 aromatic heterocycles. The van der Waals surface area contributed by atoms with Crippen molar-refractivity contribution in [2.24, 2.45) is 5.92 Å². The van der Waals surface area contributed by atoms with E-state index in [9.17, 15) is 9.59 Å². The largest absolute Gasteiger partial charge is 0.497 e. The van der Waals surface area contributed by atoms with Crippen molar-refractivity contribution in [2.75, 3.05) is 26.7 Å². The van der Waals surface area contributed by atoms with Crippen LogP contribution in [0.5, 0.6) is 5.75 Å². The van der Waals surface area contributed by atoms with Crippen LogP contribution in [0.25, 0.3) is 0 Å². The van der Waals surface area contributed by atoms with Crippen LogP contribution in [0.4, 0.5) is 4.79 Å². The van der Waals surface area contributed by atoms with E-state index in [4.69, 9.17) is 9.47 Å². The van der Waals surface area contributed by atoms with Gasteiger partial charge in [-0.15, -0.1) is 0 Å². The van der Waals surface area contributed by atoms with E-state index in [2.05, 4.69) is 6.07 Å². The summed E-state index contributed by atoms with van der Waals surface area (Å²) in [6, 6.07) is 8.18. The van der Waals surface area contributed by atoms with E-state index in [0.29, 0.717) is 25.4 Å². The molecular weight excluding hydrogens is 368 g/mol. The van der Waals surface area contributed by atoms with Gasteiger partial charge in [0, 0.05) is 26.1 Å². The first-order chi connectivity index (χ1) is 13.8. The van der Waals surface area contributed by atoms with Crippen molar-refractivity contribution >= 4 is 12.0 Å². The first kappa shape index (κ1) is 21.5. The molecule has 0 aliphatic carbocycles. The quantitative estimate of drug-likeness (QED) is 0.749. The van der Waals surface area contributed by atoms with Crippen molar-refractivity contribution in [3.63, 3.8) is 0 Å². The maximum atomic E-state index is 13.0. The normalized spacial score (nSPS) is 20.6. The Labute approximate surface area is 174 Å². The Hall–Kier alpha value is -2.24. The molecule has 2 aliphatic heterocycles. The van der Waals surface area contributed by atoms with Gasteiger partial charge in [-0.2, -0.15) is 0 Å². The standard InChI is InChI=1S/C23H34N2O4/c1-23(2,3)29-22(27)24-13-10-17(11-14-24)15-21(26)25-12-6-9-20(25)18-7-5-8-19(16-18)28-4/h5,7-8,16-17,20H,6,9-15H2,1-4H3. The van der Waals surface area contributed by atoms with Gasteiger partial charge in [-0.1, -0.05) is 12.1 Å². The smallest absolute Gasteiger partial charge is 0.410 e. The zero-order chi connectivity index (χ0) is 21.0. The molecule has 6 nitrogen and oxygen atoms in total. The number of carbonyl (C=O) groups is 2. The highest BCUT2D eigenvalue weighted by Gasteiger charge is 2.33. The molecule has 2 saturated heterocycles. The third-order valence-electron chi connectivity index (χ3n) is 5.78. The monoisotopic (exact) mass is 402 g/mol. The number of nitrogens with zero attached hydrogens (tertiary/aromatic N) is 2. The third-order valence-corrected chi connectivity index (χ3v) is 5.78. The summed E-state index contributed by atoms with van der Waals surface area (Å²) < 4.78 is 10.8. The molecule has 6 heteroatoms. The molecule has 2 heterocycles. The van der Waals surface area contributed by atoms with Crippen molar-refractivity contribution in [1.29, 1.82) is 0 Å². The highest BCUT2D eigenvalue weighted by atomic mass is 16.6. The number of benzene rings is 1. The third kappa shape index (κ3) is 5.64.